The van der Waals surface area contributed by atoms with Gasteiger partial charge in [-0.2, -0.15) is 0 Å². The summed E-state index contributed by atoms with van der Waals surface area (Å²) in [6, 6.07) is 0. The lowest BCUT2D eigenvalue weighted by Crippen LogP contribution is -2.15. The molecule has 0 aromatic heterocycles. The van der Waals surface area contributed by atoms with Crippen LogP contribution in [0.25, 0.3) is 0 Å². The van der Waals surface area contributed by atoms with Crippen LogP contribution < -0.4 is 0 Å². The molecule has 0 saturated carbocycles. The fraction of sp³-hybridized carbons (Fsp3) is 0.950. The molecular weight excluding hydrogens is 435 g/mol. The van der Waals surface area contributed by atoms with E-state index in [-0.39, 0.29) is 19.8 Å². The molecule has 0 saturated heterocycles. The van der Waals surface area contributed by atoms with Crippen LogP contribution in [0.1, 0.15) is 0 Å². The Bertz CT molecular complexity index is 377. The number of halogens is 1. The van der Waals surface area contributed by atoms with Gasteiger partial charge in [-0.1, -0.05) is 0 Å². The zero-order valence-electron chi connectivity index (χ0n) is 18.8. The normalized spacial score (nSPS) is 11.3. The largest absolute Gasteiger partial charge is 0.480 e. The second-order valence-electron chi connectivity index (χ2n) is 6.03. The highest BCUT2D eigenvalue weighted by Gasteiger charge is 1.97. The van der Waals surface area contributed by atoms with Crippen molar-refractivity contribution in [3.8, 4) is 0 Å². The van der Waals surface area contributed by atoms with Crippen LogP contribution >= 0.6 is 0 Å². The first-order chi connectivity index (χ1) is 15.8. The topological polar surface area (TPSA) is 120 Å². The number of hydrogen-bond acceptors (Lipinski definition) is 10. The molecule has 0 aromatic carbocycles. The van der Waals surface area contributed by atoms with Crippen molar-refractivity contribution in [3.63, 3.8) is 0 Å². The molecule has 0 atom stereocenters. The summed E-state index contributed by atoms with van der Waals surface area (Å²) in [7, 11) is 0. The van der Waals surface area contributed by atoms with E-state index in [0.717, 1.165) is 0 Å². The maximum Gasteiger partial charge on any atom is 0.329 e. The van der Waals surface area contributed by atoms with Gasteiger partial charge in [0.15, 0.2) is 0 Å². The first kappa shape index (κ1) is 31.0. The Kier molecular flexibility index (Phi) is 27.2. The molecule has 0 radical (unpaired) electrons. The van der Waals surface area contributed by atoms with Gasteiger partial charge in [0.2, 0.25) is 0 Å². The average molecular weight is 475 g/mol. The fourth-order valence-electron chi connectivity index (χ4n) is 1.97. The molecule has 0 rings (SSSR count). The summed E-state index contributed by atoms with van der Waals surface area (Å²) < 4.78 is 58.8. The van der Waals surface area contributed by atoms with Crippen molar-refractivity contribution >= 4 is 5.97 Å². The van der Waals surface area contributed by atoms with E-state index in [1.807, 2.05) is 0 Å². The molecule has 0 fully saturated rings. The van der Waals surface area contributed by atoms with E-state index in [4.69, 9.17) is 47.7 Å². The van der Waals surface area contributed by atoms with Gasteiger partial charge in [-0.15, -0.1) is 0 Å². The Labute approximate surface area is 189 Å². The molecule has 0 heterocycles. The predicted molar refractivity (Wildman–Crippen MR) is 111 cm³/mol. The molecule has 11 nitrogen and oxygen atoms in total. The molecule has 0 aromatic rings. The summed E-state index contributed by atoms with van der Waals surface area (Å²) >= 11 is 0. The Morgan fingerprint density at radius 3 is 0.875 bits per heavy atom. The van der Waals surface area contributed by atoms with Crippen LogP contribution in [0.3, 0.4) is 0 Å². The number of hydrogen-bond donors (Lipinski definition) is 1. The molecule has 12 heteroatoms. The molecule has 0 aliphatic heterocycles. The number of ether oxygens (including phenoxy) is 9. The van der Waals surface area contributed by atoms with Crippen LogP contribution in [0, 0.1) is 0 Å². The van der Waals surface area contributed by atoms with E-state index in [9.17, 15) is 9.18 Å². The smallest absolute Gasteiger partial charge is 0.329 e. The Morgan fingerprint density at radius 1 is 0.438 bits per heavy atom. The third-order valence-corrected chi connectivity index (χ3v) is 3.42. The van der Waals surface area contributed by atoms with Crippen molar-refractivity contribution in [3.05, 3.63) is 0 Å². The SMILES string of the molecule is O=C(O)COCCOCCOCCOCCOCCOCCOCCOCCOCCF. The quantitative estimate of drug-likeness (QED) is 0.156. The van der Waals surface area contributed by atoms with Gasteiger partial charge in [0.25, 0.3) is 0 Å². The standard InChI is InChI=1S/C20H39FO11/c21-1-2-24-3-4-25-5-6-26-7-8-27-9-10-28-11-12-29-13-14-30-15-16-31-17-18-32-19-20(22)23/h1-19H2,(H,22,23). The van der Waals surface area contributed by atoms with Crippen LogP contribution in [0.4, 0.5) is 4.39 Å². The molecular formula is C20H39FO11. The highest BCUT2D eigenvalue weighted by Crippen LogP contribution is 1.86. The summed E-state index contributed by atoms with van der Waals surface area (Å²) in [5.74, 6) is -0.997. The molecule has 32 heavy (non-hydrogen) atoms. The van der Waals surface area contributed by atoms with Crippen LogP contribution in [0.2, 0.25) is 0 Å². The van der Waals surface area contributed by atoms with Gasteiger partial charge < -0.3 is 47.7 Å². The molecule has 0 aliphatic rings. The van der Waals surface area contributed by atoms with Gasteiger partial charge in [0, 0.05) is 0 Å². The van der Waals surface area contributed by atoms with Crippen molar-refractivity contribution in [1.82, 2.24) is 0 Å². The number of carboxylic acids is 1. The molecule has 0 unspecified atom stereocenters. The minimum Gasteiger partial charge on any atom is -0.480 e. The van der Waals surface area contributed by atoms with Gasteiger partial charge >= 0.3 is 5.97 Å². The lowest BCUT2D eigenvalue weighted by Gasteiger charge is -2.08. The molecule has 192 valence electrons. The first-order valence-electron chi connectivity index (χ1n) is 10.7. The number of rotatable bonds is 28. The van der Waals surface area contributed by atoms with E-state index in [0.29, 0.717) is 99.1 Å². The predicted octanol–water partition coefficient (Wildman–Crippen LogP) is 0.190. The first-order valence-corrected chi connectivity index (χ1v) is 10.7. The number of carboxylic acid groups (broad SMARTS) is 1. The number of alkyl halides is 1. The highest BCUT2D eigenvalue weighted by molar-refractivity contribution is 5.67. The van der Waals surface area contributed by atoms with E-state index in [2.05, 4.69) is 0 Å². The Balaban J connectivity index is 3.00. The van der Waals surface area contributed by atoms with Crippen molar-refractivity contribution in [2.45, 2.75) is 0 Å². The van der Waals surface area contributed by atoms with Crippen LogP contribution in [0.5, 0.6) is 0 Å². The van der Waals surface area contributed by atoms with Gasteiger partial charge in [-0.25, -0.2) is 9.18 Å². The average Bonchev–Trinajstić information content (AvgIpc) is 2.78. The maximum absolute atomic E-state index is 11.8. The Hall–Kier alpha value is -0.960. The summed E-state index contributed by atoms with van der Waals surface area (Å²) in [6.07, 6.45) is 0. The fourth-order valence-corrected chi connectivity index (χ4v) is 1.97. The third kappa shape index (κ3) is 29.0. The summed E-state index contributed by atoms with van der Waals surface area (Å²) in [5.41, 5.74) is 0. The van der Waals surface area contributed by atoms with Crippen molar-refractivity contribution in [2.75, 3.05) is 126 Å². The minimum atomic E-state index is -0.997. The van der Waals surface area contributed by atoms with Gasteiger partial charge in [0.05, 0.1) is 112 Å². The van der Waals surface area contributed by atoms with Crippen LogP contribution in [-0.2, 0) is 47.4 Å². The second-order valence-corrected chi connectivity index (χ2v) is 6.03. The zero-order chi connectivity index (χ0) is 23.4. The van der Waals surface area contributed by atoms with Crippen molar-refractivity contribution < 1.29 is 56.9 Å². The highest BCUT2D eigenvalue weighted by atomic mass is 19.1. The minimum absolute atomic E-state index is 0.109. The molecule has 1 N–H and O–H groups in total. The lowest BCUT2D eigenvalue weighted by atomic mass is 10.6. The van der Waals surface area contributed by atoms with Crippen LogP contribution in [-0.4, -0.2) is 137 Å². The number of carbonyl (C=O) groups is 1. The van der Waals surface area contributed by atoms with E-state index in [1.165, 1.54) is 0 Å². The zero-order valence-corrected chi connectivity index (χ0v) is 18.8. The van der Waals surface area contributed by atoms with Gasteiger partial charge in [-0.3, -0.25) is 0 Å². The summed E-state index contributed by atoms with van der Waals surface area (Å²) in [6.45, 7) is 6.29. The van der Waals surface area contributed by atoms with Gasteiger partial charge in [-0.05, 0) is 0 Å². The number of aliphatic carboxylic acids is 1. The van der Waals surface area contributed by atoms with Crippen molar-refractivity contribution in [1.29, 1.82) is 0 Å². The van der Waals surface area contributed by atoms with E-state index in [1.54, 1.807) is 0 Å². The van der Waals surface area contributed by atoms with Crippen molar-refractivity contribution in [2.24, 2.45) is 0 Å². The maximum atomic E-state index is 11.8. The monoisotopic (exact) mass is 474 g/mol. The molecule has 0 amide bonds. The Morgan fingerprint density at radius 2 is 0.656 bits per heavy atom. The van der Waals surface area contributed by atoms with E-state index >= 15 is 0 Å². The van der Waals surface area contributed by atoms with E-state index < -0.39 is 12.6 Å². The molecule has 0 spiro atoms. The third-order valence-electron chi connectivity index (χ3n) is 3.42. The van der Waals surface area contributed by atoms with Crippen LogP contribution in [0.15, 0.2) is 0 Å². The molecule has 0 bridgehead atoms. The lowest BCUT2D eigenvalue weighted by molar-refractivity contribution is -0.142. The summed E-state index contributed by atoms with van der Waals surface area (Å²) in [5, 5.41) is 8.38. The second kappa shape index (κ2) is 28.1. The summed E-state index contributed by atoms with van der Waals surface area (Å²) in [4.78, 5) is 10.2. The molecule has 0 aliphatic carbocycles. The van der Waals surface area contributed by atoms with Gasteiger partial charge in [0.1, 0.15) is 13.3 Å².